The first-order valence-electron chi connectivity index (χ1n) is 8.19. The number of aromatic carboxylic acids is 1. The van der Waals surface area contributed by atoms with Crippen molar-refractivity contribution in [2.24, 2.45) is 0 Å². The Morgan fingerprint density at radius 1 is 1.14 bits per heavy atom. The van der Waals surface area contributed by atoms with Crippen molar-refractivity contribution < 1.29 is 23.5 Å². The molecule has 0 spiro atoms. The summed E-state index contributed by atoms with van der Waals surface area (Å²) in [6.45, 7) is 0. The van der Waals surface area contributed by atoms with E-state index in [2.05, 4.69) is 5.32 Å². The summed E-state index contributed by atoms with van der Waals surface area (Å²) in [5.74, 6) is -1.78. The third-order valence-corrected chi connectivity index (χ3v) is 4.19. The second-order valence-corrected chi connectivity index (χ2v) is 6.24. The van der Waals surface area contributed by atoms with Crippen molar-refractivity contribution in [3.63, 3.8) is 0 Å². The van der Waals surface area contributed by atoms with Gasteiger partial charge in [-0.15, -0.1) is 0 Å². The Kier molecular flexibility index (Phi) is 5.77. The van der Waals surface area contributed by atoms with Crippen molar-refractivity contribution in [1.29, 1.82) is 5.26 Å². The number of benzene rings is 2. The largest absolute Gasteiger partial charge is 0.478 e. The number of hydrogen-bond acceptors (Lipinski definition) is 4. The Labute approximate surface area is 169 Å². The minimum absolute atomic E-state index is 0.0364. The first-order chi connectivity index (χ1) is 13.9. The SMILES string of the molecule is N#CC(=Cc1ccc(-c2cc(C(=O)O)ccc2Cl)o1)C(=O)Nc1ccc(F)cc1. The number of carbonyl (C=O) groups excluding carboxylic acids is 1. The summed E-state index contributed by atoms with van der Waals surface area (Å²) in [5, 5.41) is 21.2. The van der Waals surface area contributed by atoms with E-state index in [1.54, 1.807) is 12.1 Å². The van der Waals surface area contributed by atoms with Crippen molar-refractivity contribution in [2.75, 3.05) is 5.32 Å². The molecule has 6 nitrogen and oxygen atoms in total. The summed E-state index contributed by atoms with van der Waals surface area (Å²) in [6, 6.07) is 14.1. The standard InChI is InChI=1S/C21H12ClFN2O4/c22-18-7-1-12(21(27)28)10-17(18)19-8-6-16(29-19)9-13(11-24)20(26)25-15-4-2-14(23)3-5-15/h1-10H,(H,25,26)(H,27,28). The van der Waals surface area contributed by atoms with Gasteiger partial charge in [0.1, 0.15) is 29.0 Å². The molecule has 0 aliphatic rings. The highest BCUT2D eigenvalue weighted by Crippen LogP contribution is 2.31. The van der Waals surface area contributed by atoms with Crippen LogP contribution < -0.4 is 5.32 Å². The van der Waals surface area contributed by atoms with E-state index in [0.717, 1.165) is 0 Å². The van der Waals surface area contributed by atoms with E-state index in [4.69, 9.17) is 21.1 Å². The van der Waals surface area contributed by atoms with Crippen LogP contribution >= 0.6 is 11.6 Å². The lowest BCUT2D eigenvalue weighted by atomic mass is 10.1. The lowest BCUT2D eigenvalue weighted by molar-refractivity contribution is -0.112. The molecule has 3 rings (SSSR count). The van der Waals surface area contributed by atoms with E-state index in [-0.39, 0.29) is 27.7 Å². The zero-order valence-corrected chi connectivity index (χ0v) is 15.4. The van der Waals surface area contributed by atoms with Crippen molar-refractivity contribution in [3.05, 3.63) is 82.3 Å². The minimum atomic E-state index is -1.11. The monoisotopic (exact) mass is 410 g/mol. The van der Waals surface area contributed by atoms with Crippen molar-refractivity contribution in [3.8, 4) is 17.4 Å². The molecule has 0 fully saturated rings. The number of carboxylic acids is 1. The number of carboxylic acid groups (broad SMARTS) is 1. The Hall–Kier alpha value is -3.89. The molecule has 144 valence electrons. The Morgan fingerprint density at radius 2 is 1.86 bits per heavy atom. The minimum Gasteiger partial charge on any atom is -0.478 e. The number of carbonyl (C=O) groups is 2. The molecule has 1 heterocycles. The van der Waals surface area contributed by atoms with Crippen LogP contribution in [0.25, 0.3) is 17.4 Å². The summed E-state index contributed by atoms with van der Waals surface area (Å²) in [5.41, 5.74) is 0.491. The highest BCUT2D eigenvalue weighted by Gasteiger charge is 2.14. The summed E-state index contributed by atoms with van der Waals surface area (Å²) >= 11 is 6.12. The lowest BCUT2D eigenvalue weighted by Gasteiger charge is -2.04. The van der Waals surface area contributed by atoms with E-state index in [1.165, 1.54) is 54.6 Å². The summed E-state index contributed by atoms with van der Waals surface area (Å²) in [4.78, 5) is 23.4. The number of nitrogens with one attached hydrogen (secondary N) is 1. The van der Waals surface area contributed by atoms with Gasteiger partial charge in [0.05, 0.1) is 10.6 Å². The fraction of sp³-hybridized carbons (Fsp3) is 0. The van der Waals surface area contributed by atoms with Gasteiger partial charge in [-0.3, -0.25) is 4.79 Å². The third kappa shape index (κ3) is 4.69. The van der Waals surface area contributed by atoms with Gasteiger partial charge in [0.15, 0.2) is 0 Å². The molecule has 3 aromatic rings. The van der Waals surface area contributed by atoms with Crippen LogP contribution in [0.5, 0.6) is 0 Å². The van der Waals surface area contributed by atoms with E-state index in [0.29, 0.717) is 11.3 Å². The molecule has 29 heavy (non-hydrogen) atoms. The van der Waals surface area contributed by atoms with Gasteiger partial charge in [-0.05, 0) is 54.6 Å². The van der Waals surface area contributed by atoms with Crippen LogP contribution in [-0.2, 0) is 4.79 Å². The van der Waals surface area contributed by atoms with Gasteiger partial charge in [0, 0.05) is 17.3 Å². The lowest BCUT2D eigenvalue weighted by Crippen LogP contribution is -2.13. The molecule has 2 N–H and O–H groups in total. The quantitative estimate of drug-likeness (QED) is 0.456. The van der Waals surface area contributed by atoms with Crippen LogP contribution in [0.1, 0.15) is 16.1 Å². The van der Waals surface area contributed by atoms with Gasteiger partial charge in [-0.2, -0.15) is 5.26 Å². The van der Waals surface area contributed by atoms with E-state index >= 15 is 0 Å². The maximum absolute atomic E-state index is 12.9. The molecular formula is C21H12ClFN2O4. The maximum Gasteiger partial charge on any atom is 0.335 e. The second kappa shape index (κ2) is 8.42. The fourth-order valence-corrected chi connectivity index (χ4v) is 2.66. The number of hydrogen-bond donors (Lipinski definition) is 2. The first kappa shape index (κ1) is 19.9. The van der Waals surface area contributed by atoms with Gasteiger partial charge in [-0.25, -0.2) is 9.18 Å². The molecular weight excluding hydrogens is 399 g/mol. The number of nitriles is 1. The fourth-order valence-electron chi connectivity index (χ4n) is 2.44. The zero-order valence-electron chi connectivity index (χ0n) is 14.6. The highest BCUT2D eigenvalue weighted by atomic mass is 35.5. The molecule has 1 aromatic heterocycles. The smallest absolute Gasteiger partial charge is 0.335 e. The van der Waals surface area contributed by atoms with Crippen LogP contribution in [0.2, 0.25) is 5.02 Å². The predicted molar refractivity (Wildman–Crippen MR) is 105 cm³/mol. The van der Waals surface area contributed by atoms with Gasteiger partial charge >= 0.3 is 5.97 Å². The normalized spacial score (nSPS) is 11.0. The number of halogens is 2. The van der Waals surface area contributed by atoms with Crippen LogP contribution in [0.15, 0.2) is 64.6 Å². The van der Waals surface area contributed by atoms with Crippen molar-refractivity contribution in [1.82, 2.24) is 0 Å². The highest BCUT2D eigenvalue weighted by molar-refractivity contribution is 6.33. The molecule has 0 saturated carbocycles. The molecule has 0 saturated heterocycles. The van der Waals surface area contributed by atoms with Crippen LogP contribution in [0.3, 0.4) is 0 Å². The first-order valence-corrected chi connectivity index (χ1v) is 8.57. The van der Waals surface area contributed by atoms with Crippen molar-refractivity contribution >= 4 is 35.2 Å². The molecule has 0 atom stereocenters. The van der Waals surface area contributed by atoms with Crippen molar-refractivity contribution in [2.45, 2.75) is 0 Å². The Bertz CT molecular complexity index is 1160. The Morgan fingerprint density at radius 3 is 2.52 bits per heavy atom. The average Bonchev–Trinajstić information content (AvgIpc) is 3.16. The topological polar surface area (TPSA) is 103 Å². The molecule has 8 heteroatoms. The number of rotatable bonds is 5. The van der Waals surface area contributed by atoms with E-state index in [1.807, 2.05) is 0 Å². The van der Waals surface area contributed by atoms with E-state index in [9.17, 15) is 19.2 Å². The molecule has 2 aromatic carbocycles. The van der Waals surface area contributed by atoms with E-state index < -0.39 is 17.7 Å². The molecule has 0 aliphatic heterocycles. The number of furan rings is 1. The molecule has 0 unspecified atom stereocenters. The Balaban J connectivity index is 1.85. The molecule has 0 bridgehead atoms. The molecule has 1 amide bonds. The second-order valence-electron chi connectivity index (χ2n) is 5.83. The van der Waals surface area contributed by atoms with Crippen LogP contribution in [-0.4, -0.2) is 17.0 Å². The number of amides is 1. The number of anilines is 1. The summed E-state index contributed by atoms with van der Waals surface area (Å²) in [7, 11) is 0. The van der Waals surface area contributed by atoms with Crippen LogP contribution in [0.4, 0.5) is 10.1 Å². The number of nitrogens with zero attached hydrogens (tertiary/aromatic N) is 1. The molecule has 0 aliphatic carbocycles. The molecule has 0 radical (unpaired) electrons. The van der Waals surface area contributed by atoms with Crippen LogP contribution in [0, 0.1) is 17.1 Å². The third-order valence-electron chi connectivity index (χ3n) is 3.86. The average molecular weight is 411 g/mol. The van der Waals surface area contributed by atoms with Gasteiger partial charge in [0.25, 0.3) is 5.91 Å². The maximum atomic E-state index is 12.9. The summed E-state index contributed by atoms with van der Waals surface area (Å²) < 4.78 is 18.5. The van der Waals surface area contributed by atoms with Gasteiger partial charge in [-0.1, -0.05) is 11.6 Å². The van der Waals surface area contributed by atoms with Gasteiger partial charge < -0.3 is 14.8 Å². The predicted octanol–water partition coefficient (Wildman–Crippen LogP) is 4.98. The zero-order chi connectivity index (χ0) is 21.0. The summed E-state index contributed by atoms with van der Waals surface area (Å²) in [6.07, 6.45) is 1.23. The van der Waals surface area contributed by atoms with Gasteiger partial charge in [0.2, 0.25) is 0 Å².